The third kappa shape index (κ3) is 4.08. The van der Waals surface area contributed by atoms with Crippen LogP contribution in [0.15, 0.2) is 42.5 Å². The molecule has 0 aromatic heterocycles. The van der Waals surface area contributed by atoms with Crippen LogP contribution in [0.4, 0.5) is 11.4 Å². The van der Waals surface area contributed by atoms with Crippen molar-refractivity contribution in [2.24, 2.45) is 0 Å². The molecular formula is C15H12N4O7. The van der Waals surface area contributed by atoms with E-state index in [-0.39, 0.29) is 22.6 Å². The number of nitro groups is 2. The van der Waals surface area contributed by atoms with Crippen LogP contribution in [0.5, 0.6) is 5.75 Å². The Morgan fingerprint density at radius 2 is 1.42 bits per heavy atom. The van der Waals surface area contributed by atoms with Crippen LogP contribution >= 0.6 is 0 Å². The van der Waals surface area contributed by atoms with E-state index in [0.717, 1.165) is 18.2 Å². The van der Waals surface area contributed by atoms with Crippen molar-refractivity contribution >= 4 is 23.2 Å². The Morgan fingerprint density at radius 3 is 1.92 bits per heavy atom. The third-order valence-corrected chi connectivity index (χ3v) is 3.27. The summed E-state index contributed by atoms with van der Waals surface area (Å²) < 4.78 is 4.83. The molecule has 0 aliphatic rings. The van der Waals surface area contributed by atoms with Gasteiger partial charge in [0.2, 0.25) is 0 Å². The highest BCUT2D eigenvalue weighted by atomic mass is 16.6. The minimum absolute atomic E-state index is 0.0125. The fourth-order valence-corrected chi connectivity index (χ4v) is 1.97. The molecule has 0 spiro atoms. The molecule has 0 heterocycles. The molecule has 0 saturated heterocycles. The van der Waals surface area contributed by atoms with E-state index >= 15 is 0 Å². The number of hydrogen-bond acceptors (Lipinski definition) is 7. The van der Waals surface area contributed by atoms with Crippen molar-refractivity contribution < 1.29 is 24.2 Å². The summed E-state index contributed by atoms with van der Waals surface area (Å²) in [6.07, 6.45) is 0. The minimum Gasteiger partial charge on any atom is -0.490 e. The molecule has 0 radical (unpaired) electrons. The monoisotopic (exact) mass is 360 g/mol. The first-order chi connectivity index (χ1) is 12.3. The lowest BCUT2D eigenvalue weighted by atomic mass is 10.2. The Labute approximate surface area is 145 Å². The molecule has 0 bridgehead atoms. The van der Waals surface area contributed by atoms with E-state index in [1.807, 2.05) is 0 Å². The Bertz CT molecular complexity index is 880. The molecule has 11 heteroatoms. The van der Waals surface area contributed by atoms with Gasteiger partial charge >= 0.3 is 5.69 Å². The second-order valence-electron chi connectivity index (χ2n) is 4.86. The molecule has 0 fully saturated rings. The number of nitrogens with zero attached hydrogens (tertiary/aromatic N) is 2. The molecule has 26 heavy (non-hydrogen) atoms. The van der Waals surface area contributed by atoms with E-state index in [2.05, 4.69) is 10.9 Å². The summed E-state index contributed by atoms with van der Waals surface area (Å²) in [4.78, 5) is 44.1. The molecule has 0 saturated carbocycles. The van der Waals surface area contributed by atoms with E-state index in [1.54, 1.807) is 0 Å². The SMILES string of the molecule is COc1ccc(C(=O)NNC(=O)c2ccc([N+](=O)[O-])cc2)cc1[N+](=O)[O-]. The fraction of sp³-hybridized carbons (Fsp3) is 0.0667. The smallest absolute Gasteiger partial charge is 0.311 e. The zero-order valence-electron chi connectivity index (χ0n) is 13.3. The maximum absolute atomic E-state index is 12.0. The summed E-state index contributed by atoms with van der Waals surface area (Å²) in [6.45, 7) is 0. The summed E-state index contributed by atoms with van der Waals surface area (Å²) in [6, 6.07) is 8.28. The van der Waals surface area contributed by atoms with Gasteiger partial charge in [-0.1, -0.05) is 0 Å². The lowest BCUT2D eigenvalue weighted by molar-refractivity contribution is -0.385. The van der Waals surface area contributed by atoms with Gasteiger partial charge in [0.1, 0.15) is 0 Å². The quantitative estimate of drug-likeness (QED) is 0.606. The lowest BCUT2D eigenvalue weighted by Gasteiger charge is -2.08. The number of benzene rings is 2. The second kappa shape index (κ2) is 7.70. The Hall–Kier alpha value is -4.02. The van der Waals surface area contributed by atoms with E-state index in [4.69, 9.17) is 4.74 Å². The van der Waals surface area contributed by atoms with Crippen LogP contribution in [-0.4, -0.2) is 28.8 Å². The average molecular weight is 360 g/mol. The van der Waals surface area contributed by atoms with Gasteiger partial charge in [0.25, 0.3) is 17.5 Å². The van der Waals surface area contributed by atoms with Crippen LogP contribution in [0.3, 0.4) is 0 Å². The molecule has 134 valence electrons. The van der Waals surface area contributed by atoms with Gasteiger partial charge in [0.15, 0.2) is 5.75 Å². The molecule has 11 nitrogen and oxygen atoms in total. The van der Waals surface area contributed by atoms with Crippen LogP contribution < -0.4 is 15.6 Å². The summed E-state index contributed by atoms with van der Waals surface area (Å²) in [5.74, 6) is -1.51. The predicted molar refractivity (Wildman–Crippen MR) is 87.7 cm³/mol. The van der Waals surface area contributed by atoms with E-state index in [1.165, 1.54) is 31.4 Å². The van der Waals surface area contributed by atoms with Gasteiger partial charge in [-0.05, 0) is 24.3 Å². The standard InChI is InChI=1S/C15H12N4O7/c1-26-13-7-4-10(8-12(13)19(24)25)15(21)17-16-14(20)9-2-5-11(6-3-9)18(22)23/h2-8H,1H3,(H,16,20)(H,17,21). The number of hydrogen-bond donors (Lipinski definition) is 2. The van der Waals surface area contributed by atoms with Crippen LogP contribution in [0, 0.1) is 20.2 Å². The van der Waals surface area contributed by atoms with Crippen molar-refractivity contribution in [2.45, 2.75) is 0 Å². The van der Waals surface area contributed by atoms with Gasteiger partial charge in [-0.25, -0.2) is 0 Å². The van der Waals surface area contributed by atoms with Gasteiger partial charge in [0.05, 0.1) is 17.0 Å². The van der Waals surface area contributed by atoms with E-state index in [9.17, 15) is 29.8 Å². The van der Waals surface area contributed by atoms with Crippen molar-refractivity contribution in [3.8, 4) is 5.75 Å². The Morgan fingerprint density at radius 1 is 0.885 bits per heavy atom. The molecule has 2 rings (SSSR count). The number of amides is 2. The largest absolute Gasteiger partial charge is 0.490 e. The lowest BCUT2D eigenvalue weighted by Crippen LogP contribution is -2.41. The Kier molecular flexibility index (Phi) is 5.43. The van der Waals surface area contributed by atoms with E-state index in [0.29, 0.717) is 0 Å². The van der Waals surface area contributed by atoms with Crippen molar-refractivity contribution in [1.82, 2.24) is 10.9 Å². The summed E-state index contributed by atoms with van der Waals surface area (Å²) in [5, 5.41) is 21.5. The van der Waals surface area contributed by atoms with Crippen molar-refractivity contribution in [2.75, 3.05) is 7.11 Å². The van der Waals surface area contributed by atoms with Crippen LogP contribution in [0.2, 0.25) is 0 Å². The molecular weight excluding hydrogens is 348 g/mol. The van der Waals surface area contributed by atoms with Crippen LogP contribution in [-0.2, 0) is 0 Å². The normalized spacial score (nSPS) is 9.88. The highest BCUT2D eigenvalue weighted by Gasteiger charge is 2.18. The Balaban J connectivity index is 2.06. The molecule has 2 N–H and O–H groups in total. The number of carbonyl (C=O) groups is 2. The summed E-state index contributed by atoms with van der Waals surface area (Å²) >= 11 is 0. The first kappa shape index (κ1) is 18.3. The number of ether oxygens (including phenoxy) is 1. The number of nitrogens with one attached hydrogen (secondary N) is 2. The molecule has 2 aromatic carbocycles. The number of hydrazine groups is 1. The van der Waals surface area contributed by atoms with Crippen molar-refractivity contribution in [3.05, 3.63) is 73.8 Å². The number of nitro benzene ring substituents is 2. The van der Waals surface area contributed by atoms with Gasteiger partial charge in [-0.2, -0.15) is 0 Å². The number of methoxy groups -OCH3 is 1. The van der Waals surface area contributed by atoms with Gasteiger partial charge in [-0.15, -0.1) is 0 Å². The fourth-order valence-electron chi connectivity index (χ4n) is 1.97. The van der Waals surface area contributed by atoms with Crippen molar-refractivity contribution in [3.63, 3.8) is 0 Å². The van der Waals surface area contributed by atoms with Crippen molar-refractivity contribution in [1.29, 1.82) is 0 Å². The number of non-ortho nitro benzene ring substituents is 1. The van der Waals surface area contributed by atoms with Gasteiger partial charge < -0.3 is 4.74 Å². The molecule has 0 atom stereocenters. The summed E-state index contributed by atoms with van der Waals surface area (Å²) in [7, 11) is 1.26. The summed E-state index contributed by atoms with van der Waals surface area (Å²) in [5.41, 5.74) is 3.64. The maximum Gasteiger partial charge on any atom is 0.311 e. The highest BCUT2D eigenvalue weighted by Crippen LogP contribution is 2.27. The van der Waals surface area contributed by atoms with Gasteiger partial charge in [0, 0.05) is 29.3 Å². The highest BCUT2D eigenvalue weighted by molar-refractivity contribution is 5.99. The zero-order chi connectivity index (χ0) is 19.3. The molecule has 2 amide bonds. The predicted octanol–water partition coefficient (Wildman–Crippen LogP) is 1.59. The average Bonchev–Trinajstić information content (AvgIpc) is 2.65. The van der Waals surface area contributed by atoms with Gasteiger partial charge in [-0.3, -0.25) is 40.7 Å². The molecule has 0 aliphatic carbocycles. The minimum atomic E-state index is -0.786. The maximum atomic E-state index is 12.0. The number of rotatable bonds is 5. The third-order valence-electron chi connectivity index (χ3n) is 3.27. The topological polar surface area (TPSA) is 154 Å². The second-order valence-corrected chi connectivity index (χ2v) is 4.86. The number of carbonyl (C=O) groups excluding carboxylic acids is 2. The molecule has 0 aliphatic heterocycles. The first-order valence-corrected chi connectivity index (χ1v) is 7.01. The first-order valence-electron chi connectivity index (χ1n) is 7.01. The van der Waals surface area contributed by atoms with Crippen LogP contribution in [0.25, 0.3) is 0 Å². The zero-order valence-corrected chi connectivity index (χ0v) is 13.3. The van der Waals surface area contributed by atoms with Crippen LogP contribution in [0.1, 0.15) is 20.7 Å². The molecule has 0 unspecified atom stereocenters. The van der Waals surface area contributed by atoms with E-state index < -0.39 is 27.3 Å². The molecule has 2 aromatic rings.